The maximum Gasteiger partial charge on any atom is 0.0951 e. The number of hydrogen-bond donors (Lipinski definition) is 1. The van der Waals surface area contributed by atoms with Crippen LogP contribution < -0.4 is 0 Å². The van der Waals surface area contributed by atoms with E-state index in [9.17, 15) is 5.11 Å². The average molecular weight is 323 g/mol. The fraction of sp³-hybridized carbons (Fsp3) is 0.450. The van der Waals surface area contributed by atoms with Crippen molar-refractivity contribution in [3.63, 3.8) is 0 Å². The van der Waals surface area contributed by atoms with Crippen LogP contribution in [0.25, 0.3) is 0 Å². The van der Waals surface area contributed by atoms with Crippen molar-refractivity contribution in [1.29, 1.82) is 0 Å². The molecule has 4 rings (SSSR count). The maximum absolute atomic E-state index is 10.7. The molecule has 3 atom stereocenters. The minimum atomic E-state index is -0.344. The number of aromatic nitrogens is 1. The molecule has 0 spiro atoms. The van der Waals surface area contributed by atoms with Crippen molar-refractivity contribution in [2.45, 2.75) is 31.5 Å². The van der Waals surface area contributed by atoms with E-state index in [2.05, 4.69) is 46.0 Å². The van der Waals surface area contributed by atoms with E-state index in [0.717, 1.165) is 38.2 Å². The molecule has 2 aromatic rings. The van der Waals surface area contributed by atoms with Gasteiger partial charge >= 0.3 is 0 Å². The van der Waals surface area contributed by atoms with Gasteiger partial charge in [0, 0.05) is 50.7 Å². The second-order valence-electron chi connectivity index (χ2n) is 6.95. The van der Waals surface area contributed by atoms with Crippen molar-refractivity contribution in [2.24, 2.45) is 0 Å². The number of piperazine rings is 1. The lowest BCUT2D eigenvalue weighted by Gasteiger charge is -2.41. The molecule has 1 N–H and O–H groups in total. The Morgan fingerprint density at radius 3 is 2.58 bits per heavy atom. The number of nitrogens with zero attached hydrogens (tertiary/aromatic N) is 3. The van der Waals surface area contributed by atoms with Crippen LogP contribution in [-0.4, -0.2) is 52.1 Å². The Morgan fingerprint density at radius 1 is 1.08 bits per heavy atom. The highest BCUT2D eigenvalue weighted by Gasteiger charge is 2.36. The van der Waals surface area contributed by atoms with Gasteiger partial charge in [0.25, 0.3) is 0 Å². The number of hydrogen-bond acceptors (Lipinski definition) is 4. The average Bonchev–Trinajstić information content (AvgIpc) is 2.99. The third kappa shape index (κ3) is 2.86. The molecular formula is C20H25N3O. The summed E-state index contributed by atoms with van der Waals surface area (Å²) in [6.45, 7) is 6.36. The third-order valence-corrected chi connectivity index (χ3v) is 5.70. The molecule has 1 fully saturated rings. The first-order valence-corrected chi connectivity index (χ1v) is 8.88. The third-order valence-electron chi connectivity index (χ3n) is 5.70. The van der Waals surface area contributed by atoms with Crippen molar-refractivity contribution in [1.82, 2.24) is 14.8 Å². The number of aliphatic hydroxyl groups excluding tert-OH is 1. The Labute approximate surface area is 143 Å². The van der Waals surface area contributed by atoms with Crippen LogP contribution in [0.1, 0.15) is 35.8 Å². The summed E-state index contributed by atoms with van der Waals surface area (Å²) in [5, 5.41) is 10.7. The van der Waals surface area contributed by atoms with Crippen LogP contribution >= 0.6 is 0 Å². The zero-order valence-corrected chi connectivity index (χ0v) is 14.2. The first-order chi connectivity index (χ1) is 11.7. The van der Waals surface area contributed by atoms with Crippen molar-refractivity contribution >= 4 is 0 Å². The van der Waals surface area contributed by atoms with Crippen LogP contribution in [-0.2, 0) is 6.42 Å². The summed E-state index contributed by atoms with van der Waals surface area (Å²) in [6, 6.07) is 13.1. The second-order valence-corrected chi connectivity index (χ2v) is 6.95. The fourth-order valence-corrected chi connectivity index (χ4v) is 4.17. The molecule has 1 aromatic carbocycles. The van der Waals surface area contributed by atoms with Gasteiger partial charge in [0.05, 0.1) is 6.10 Å². The predicted octanol–water partition coefficient (Wildman–Crippen LogP) is 2.42. The molecule has 0 radical (unpaired) electrons. The zero-order valence-electron chi connectivity index (χ0n) is 14.2. The van der Waals surface area contributed by atoms with Gasteiger partial charge in [0.15, 0.2) is 0 Å². The van der Waals surface area contributed by atoms with Gasteiger partial charge < -0.3 is 5.11 Å². The lowest BCUT2D eigenvalue weighted by atomic mass is 10.1. The van der Waals surface area contributed by atoms with E-state index in [1.165, 1.54) is 11.1 Å². The normalized spacial score (nSPS) is 26.2. The van der Waals surface area contributed by atoms with Crippen LogP contribution in [0.3, 0.4) is 0 Å². The molecule has 0 unspecified atom stereocenters. The Kier molecular flexibility index (Phi) is 4.35. The van der Waals surface area contributed by atoms with Gasteiger partial charge in [-0.05, 0) is 36.1 Å². The quantitative estimate of drug-likeness (QED) is 0.942. The first-order valence-electron chi connectivity index (χ1n) is 8.88. The van der Waals surface area contributed by atoms with Gasteiger partial charge in [-0.1, -0.05) is 30.3 Å². The molecule has 1 aromatic heterocycles. The predicted molar refractivity (Wildman–Crippen MR) is 94.7 cm³/mol. The minimum absolute atomic E-state index is 0.234. The van der Waals surface area contributed by atoms with Gasteiger partial charge in [-0.15, -0.1) is 0 Å². The first kappa shape index (κ1) is 15.8. The molecule has 2 aliphatic rings. The molecular weight excluding hydrogens is 298 g/mol. The van der Waals surface area contributed by atoms with E-state index < -0.39 is 0 Å². The summed E-state index contributed by atoms with van der Waals surface area (Å²) >= 11 is 0. The van der Waals surface area contributed by atoms with E-state index in [-0.39, 0.29) is 12.1 Å². The molecule has 1 aliphatic carbocycles. The van der Waals surface area contributed by atoms with Crippen molar-refractivity contribution in [2.75, 3.05) is 26.2 Å². The number of fused-ring (bicyclic) bond motifs is 1. The lowest BCUT2D eigenvalue weighted by molar-refractivity contribution is 0.0184. The minimum Gasteiger partial charge on any atom is -0.387 e. The number of aliphatic hydroxyl groups is 1. The molecule has 0 saturated carbocycles. The highest BCUT2D eigenvalue weighted by atomic mass is 16.3. The standard InChI is InChI=1S/C20H25N3O/c1-15(17-6-4-8-21-14-17)22-9-11-23(12-10-22)19-13-16-5-2-3-7-18(16)20(19)24/h2-8,14-15,19-20,24H,9-13H2,1H3/t15-,19-,20-/m1/s1. The van der Waals surface area contributed by atoms with Crippen molar-refractivity contribution < 1.29 is 5.11 Å². The molecule has 4 heteroatoms. The number of benzene rings is 1. The fourth-order valence-electron chi connectivity index (χ4n) is 4.17. The topological polar surface area (TPSA) is 39.6 Å². The van der Waals surface area contributed by atoms with E-state index in [0.29, 0.717) is 6.04 Å². The SMILES string of the molecule is C[C@H](c1cccnc1)N1CCN([C@@H]2Cc3ccccc3[C@H]2O)CC1. The van der Waals surface area contributed by atoms with E-state index >= 15 is 0 Å². The Morgan fingerprint density at radius 2 is 1.88 bits per heavy atom. The molecule has 2 heterocycles. The van der Waals surface area contributed by atoms with Gasteiger partial charge in [-0.25, -0.2) is 0 Å². The Hall–Kier alpha value is -1.75. The second kappa shape index (κ2) is 6.63. The number of rotatable bonds is 3. The summed E-state index contributed by atoms with van der Waals surface area (Å²) in [5.41, 5.74) is 3.70. The summed E-state index contributed by atoms with van der Waals surface area (Å²) in [7, 11) is 0. The van der Waals surface area contributed by atoms with Crippen LogP contribution in [0, 0.1) is 0 Å². The van der Waals surface area contributed by atoms with Gasteiger partial charge in [0.2, 0.25) is 0 Å². The highest BCUT2D eigenvalue weighted by molar-refractivity contribution is 5.36. The highest BCUT2D eigenvalue weighted by Crippen LogP contribution is 2.35. The summed E-state index contributed by atoms with van der Waals surface area (Å²) in [4.78, 5) is 9.23. The van der Waals surface area contributed by atoms with E-state index in [4.69, 9.17) is 0 Å². The number of pyridine rings is 1. The summed E-state index contributed by atoms with van der Waals surface area (Å²) < 4.78 is 0. The largest absolute Gasteiger partial charge is 0.387 e. The molecule has 1 saturated heterocycles. The molecule has 24 heavy (non-hydrogen) atoms. The van der Waals surface area contributed by atoms with Gasteiger partial charge in [-0.2, -0.15) is 0 Å². The van der Waals surface area contributed by atoms with Gasteiger partial charge in [0.1, 0.15) is 0 Å². The smallest absolute Gasteiger partial charge is 0.0951 e. The van der Waals surface area contributed by atoms with Crippen molar-refractivity contribution in [3.8, 4) is 0 Å². The lowest BCUT2D eigenvalue weighted by Crippen LogP contribution is -2.51. The molecule has 1 aliphatic heterocycles. The monoisotopic (exact) mass is 323 g/mol. The Balaban J connectivity index is 1.39. The molecule has 0 bridgehead atoms. The van der Waals surface area contributed by atoms with E-state index in [1.807, 2.05) is 24.5 Å². The molecule has 4 nitrogen and oxygen atoms in total. The molecule has 0 amide bonds. The molecule has 126 valence electrons. The van der Waals surface area contributed by atoms with Crippen LogP contribution in [0.5, 0.6) is 0 Å². The van der Waals surface area contributed by atoms with Crippen LogP contribution in [0.2, 0.25) is 0 Å². The maximum atomic E-state index is 10.7. The van der Waals surface area contributed by atoms with E-state index in [1.54, 1.807) is 0 Å². The van der Waals surface area contributed by atoms with Crippen molar-refractivity contribution in [3.05, 3.63) is 65.5 Å². The van der Waals surface area contributed by atoms with Gasteiger partial charge in [-0.3, -0.25) is 14.8 Å². The zero-order chi connectivity index (χ0) is 16.5. The van der Waals surface area contributed by atoms with Crippen LogP contribution in [0.4, 0.5) is 0 Å². The van der Waals surface area contributed by atoms with Crippen LogP contribution in [0.15, 0.2) is 48.8 Å². The summed E-state index contributed by atoms with van der Waals surface area (Å²) in [5.74, 6) is 0. The summed E-state index contributed by atoms with van der Waals surface area (Å²) in [6.07, 6.45) is 4.42. The Bertz CT molecular complexity index is 682.